The molecule has 0 saturated carbocycles. The maximum absolute atomic E-state index is 5.74. The van der Waals surface area contributed by atoms with Crippen molar-refractivity contribution >= 4 is 17.2 Å². The van der Waals surface area contributed by atoms with E-state index in [0.29, 0.717) is 6.61 Å². The molecule has 2 heterocycles. The van der Waals surface area contributed by atoms with Crippen LogP contribution in [0.3, 0.4) is 0 Å². The second-order valence-electron chi connectivity index (χ2n) is 5.05. The fourth-order valence-corrected chi connectivity index (χ4v) is 2.88. The van der Waals surface area contributed by atoms with E-state index in [0.717, 1.165) is 10.8 Å². The first kappa shape index (κ1) is 11.5. The summed E-state index contributed by atoms with van der Waals surface area (Å²) in [5, 5.41) is 2.09. The molecule has 18 heavy (non-hydrogen) atoms. The molecule has 0 radical (unpaired) electrons. The average molecular weight is 257 g/mol. The molecule has 1 aromatic carbocycles. The maximum Gasteiger partial charge on any atom is 0.227 e. The highest BCUT2D eigenvalue weighted by Crippen LogP contribution is 2.32. The minimum absolute atomic E-state index is 0.104. The van der Waals surface area contributed by atoms with Gasteiger partial charge in [-0.1, -0.05) is 30.3 Å². The zero-order valence-electron chi connectivity index (χ0n) is 10.5. The number of rotatable bonds is 2. The van der Waals surface area contributed by atoms with Gasteiger partial charge in [0.15, 0.2) is 0 Å². The molecule has 1 aliphatic heterocycles. The minimum atomic E-state index is -0.104. The van der Waals surface area contributed by atoms with Crippen molar-refractivity contribution in [1.82, 2.24) is 0 Å². The third kappa shape index (κ3) is 2.06. The SMILES string of the molecule is CC1(C)COC(c2sccc2-c2ccccc2)=N1. The molecule has 0 unspecified atom stereocenters. The Morgan fingerprint density at radius 2 is 1.94 bits per heavy atom. The maximum atomic E-state index is 5.74. The van der Waals surface area contributed by atoms with Crippen molar-refractivity contribution in [2.45, 2.75) is 19.4 Å². The number of nitrogens with zero attached hydrogens (tertiary/aromatic N) is 1. The topological polar surface area (TPSA) is 21.6 Å². The van der Waals surface area contributed by atoms with Crippen LogP contribution >= 0.6 is 11.3 Å². The number of hydrogen-bond acceptors (Lipinski definition) is 3. The zero-order chi connectivity index (χ0) is 12.6. The average Bonchev–Trinajstić information content (AvgIpc) is 2.96. The summed E-state index contributed by atoms with van der Waals surface area (Å²) >= 11 is 1.69. The van der Waals surface area contributed by atoms with E-state index < -0.39 is 0 Å². The van der Waals surface area contributed by atoms with Gasteiger partial charge in [-0.25, -0.2) is 4.99 Å². The standard InChI is InChI=1S/C15H15NOS/c1-15(2)10-17-14(16-15)13-12(8-9-18-13)11-6-4-3-5-7-11/h3-9H,10H2,1-2H3. The number of benzene rings is 1. The largest absolute Gasteiger partial charge is 0.474 e. The summed E-state index contributed by atoms with van der Waals surface area (Å²) in [6.45, 7) is 4.85. The van der Waals surface area contributed by atoms with Crippen LogP contribution in [-0.2, 0) is 4.74 Å². The van der Waals surface area contributed by atoms with Gasteiger partial charge >= 0.3 is 0 Å². The molecule has 0 fully saturated rings. The van der Waals surface area contributed by atoms with E-state index in [-0.39, 0.29) is 5.54 Å². The summed E-state index contributed by atoms with van der Waals surface area (Å²) in [5.74, 6) is 0.786. The van der Waals surface area contributed by atoms with Crippen molar-refractivity contribution in [1.29, 1.82) is 0 Å². The summed E-state index contributed by atoms with van der Waals surface area (Å²) in [6.07, 6.45) is 0. The van der Waals surface area contributed by atoms with E-state index in [1.54, 1.807) is 11.3 Å². The highest BCUT2D eigenvalue weighted by Gasteiger charge is 2.28. The number of hydrogen-bond donors (Lipinski definition) is 0. The second-order valence-corrected chi connectivity index (χ2v) is 5.96. The van der Waals surface area contributed by atoms with Crippen molar-refractivity contribution in [2.24, 2.45) is 4.99 Å². The predicted octanol–water partition coefficient (Wildman–Crippen LogP) is 3.97. The Hall–Kier alpha value is -1.61. The molecule has 0 spiro atoms. The third-order valence-corrected chi connectivity index (χ3v) is 3.81. The van der Waals surface area contributed by atoms with Gasteiger partial charge < -0.3 is 4.74 Å². The van der Waals surface area contributed by atoms with Gasteiger partial charge in [0.25, 0.3) is 0 Å². The Balaban J connectivity index is 2.04. The number of aliphatic imine (C=N–C) groups is 1. The minimum Gasteiger partial charge on any atom is -0.474 e. The molecule has 92 valence electrons. The van der Waals surface area contributed by atoms with Crippen LogP contribution < -0.4 is 0 Å². The Morgan fingerprint density at radius 1 is 1.17 bits per heavy atom. The van der Waals surface area contributed by atoms with E-state index >= 15 is 0 Å². The van der Waals surface area contributed by atoms with E-state index in [9.17, 15) is 0 Å². The van der Waals surface area contributed by atoms with Gasteiger partial charge in [0.05, 0.1) is 10.4 Å². The van der Waals surface area contributed by atoms with Gasteiger partial charge in [-0.3, -0.25) is 0 Å². The van der Waals surface area contributed by atoms with Crippen molar-refractivity contribution in [2.75, 3.05) is 6.61 Å². The van der Waals surface area contributed by atoms with E-state index in [4.69, 9.17) is 4.74 Å². The summed E-state index contributed by atoms with van der Waals surface area (Å²) in [6, 6.07) is 12.5. The summed E-state index contributed by atoms with van der Waals surface area (Å²) in [4.78, 5) is 5.79. The Bertz CT molecular complexity index is 584. The van der Waals surface area contributed by atoms with Crippen LogP contribution in [0, 0.1) is 0 Å². The fourth-order valence-electron chi connectivity index (χ4n) is 2.02. The van der Waals surface area contributed by atoms with Crippen LogP contribution in [0.25, 0.3) is 11.1 Å². The number of ether oxygens (including phenoxy) is 1. The van der Waals surface area contributed by atoms with E-state index in [2.05, 4.69) is 54.6 Å². The zero-order valence-corrected chi connectivity index (χ0v) is 11.3. The van der Waals surface area contributed by atoms with Crippen LogP contribution in [-0.4, -0.2) is 18.0 Å². The third-order valence-electron chi connectivity index (χ3n) is 2.91. The molecule has 0 bridgehead atoms. The van der Waals surface area contributed by atoms with Crippen LogP contribution in [0.5, 0.6) is 0 Å². The molecule has 0 saturated heterocycles. The van der Waals surface area contributed by atoms with Gasteiger partial charge in [-0.15, -0.1) is 11.3 Å². The lowest BCUT2D eigenvalue weighted by molar-refractivity contribution is 0.280. The van der Waals surface area contributed by atoms with E-state index in [1.165, 1.54) is 11.1 Å². The molecule has 3 heteroatoms. The molecule has 0 aliphatic carbocycles. The lowest BCUT2D eigenvalue weighted by Crippen LogP contribution is -2.17. The fraction of sp³-hybridized carbons (Fsp3) is 0.267. The van der Waals surface area contributed by atoms with Crippen LogP contribution in [0.2, 0.25) is 0 Å². The van der Waals surface area contributed by atoms with Crippen molar-refractivity contribution in [3.05, 3.63) is 46.7 Å². The van der Waals surface area contributed by atoms with Crippen LogP contribution in [0.4, 0.5) is 0 Å². The molecule has 0 atom stereocenters. The predicted molar refractivity (Wildman–Crippen MR) is 76.3 cm³/mol. The molecular weight excluding hydrogens is 242 g/mol. The lowest BCUT2D eigenvalue weighted by atomic mass is 10.1. The smallest absolute Gasteiger partial charge is 0.227 e. The molecular formula is C15H15NOS. The first-order chi connectivity index (χ1) is 8.66. The molecule has 3 rings (SSSR count). The molecule has 0 amide bonds. The van der Waals surface area contributed by atoms with Crippen molar-refractivity contribution in [3.63, 3.8) is 0 Å². The van der Waals surface area contributed by atoms with Gasteiger partial charge in [0.1, 0.15) is 6.61 Å². The lowest BCUT2D eigenvalue weighted by Gasteiger charge is -2.07. The van der Waals surface area contributed by atoms with Crippen molar-refractivity contribution < 1.29 is 4.74 Å². The highest BCUT2D eigenvalue weighted by molar-refractivity contribution is 7.12. The quantitative estimate of drug-likeness (QED) is 0.797. The first-order valence-corrected chi connectivity index (χ1v) is 6.90. The first-order valence-electron chi connectivity index (χ1n) is 6.02. The normalized spacial score (nSPS) is 17.3. The van der Waals surface area contributed by atoms with Gasteiger partial charge in [-0.05, 0) is 30.9 Å². The van der Waals surface area contributed by atoms with Gasteiger partial charge in [-0.2, -0.15) is 0 Å². The molecule has 1 aliphatic rings. The molecule has 2 aromatic rings. The summed E-state index contributed by atoms with van der Waals surface area (Å²) < 4.78 is 5.74. The van der Waals surface area contributed by atoms with Crippen LogP contribution in [0.1, 0.15) is 18.7 Å². The molecule has 0 N–H and O–H groups in total. The molecule has 2 nitrogen and oxygen atoms in total. The summed E-state index contributed by atoms with van der Waals surface area (Å²) in [7, 11) is 0. The molecule has 1 aromatic heterocycles. The van der Waals surface area contributed by atoms with Gasteiger partial charge in [0.2, 0.25) is 5.90 Å². The number of thiophene rings is 1. The van der Waals surface area contributed by atoms with E-state index in [1.807, 2.05) is 6.07 Å². The monoisotopic (exact) mass is 257 g/mol. The Labute approximate surface area is 111 Å². The second kappa shape index (κ2) is 4.25. The summed E-state index contributed by atoms with van der Waals surface area (Å²) in [5.41, 5.74) is 2.31. The Kier molecular flexibility index (Phi) is 2.71. The van der Waals surface area contributed by atoms with Gasteiger partial charge in [0, 0.05) is 5.56 Å². The Morgan fingerprint density at radius 3 is 2.61 bits per heavy atom. The van der Waals surface area contributed by atoms with Crippen LogP contribution in [0.15, 0.2) is 46.8 Å². The van der Waals surface area contributed by atoms with Crippen molar-refractivity contribution in [3.8, 4) is 11.1 Å². The highest BCUT2D eigenvalue weighted by atomic mass is 32.1.